The Morgan fingerprint density at radius 3 is 2.93 bits per heavy atom. The lowest BCUT2D eigenvalue weighted by Crippen LogP contribution is -2.39. The van der Waals surface area contributed by atoms with Gasteiger partial charge in [-0.15, -0.1) is 0 Å². The van der Waals surface area contributed by atoms with Crippen molar-refractivity contribution in [2.24, 2.45) is 16.8 Å². The zero-order chi connectivity index (χ0) is 18.9. The monoisotopic (exact) mass is 370 g/mol. The van der Waals surface area contributed by atoms with Gasteiger partial charge in [0.15, 0.2) is 11.8 Å². The first-order valence-electron chi connectivity index (χ1n) is 9.93. The van der Waals surface area contributed by atoms with Crippen molar-refractivity contribution in [3.63, 3.8) is 0 Å². The molecule has 2 atom stereocenters. The molecule has 0 saturated heterocycles. The lowest BCUT2D eigenvalue weighted by atomic mass is 9.81. The lowest BCUT2D eigenvalue weighted by molar-refractivity contribution is 0.270. The largest absolute Gasteiger partial charge is 0.356 e. The predicted molar refractivity (Wildman–Crippen MR) is 106 cm³/mol. The highest BCUT2D eigenvalue weighted by Gasteiger charge is 2.18. The molecule has 2 heterocycles. The van der Waals surface area contributed by atoms with Crippen LogP contribution in [0.1, 0.15) is 44.9 Å². The van der Waals surface area contributed by atoms with Crippen molar-refractivity contribution in [1.29, 1.82) is 0 Å². The molecule has 7 heteroatoms. The molecule has 2 N–H and O–H groups in total. The molecule has 0 amide bonds. The van der Waals surface area contributed by atoms with E-state index in [9.17, 15) is 0 Å². The molecule has 2 unspecified atom stereocenters. The van der Waals surface area contributed by atoms with E-state index in [0.717, 1.165) is 24.3 Å². The van der Waals surface area contributed by atoms with Crippen molar-refractivity contribution in [3.8, 4) is 11.6 Å². The Morgan fingerprint density at radius 2 is 2.15 bits per heavy atom. The Kier molecular flexibility index (Phi) is 7.19. The molecule has 0 aliphatic heterocycles. The van der Waals surface area contributed by atoms with Crippen LogP contribution in [0.15, 0.2) is 33.9 Å². The maximum absolute atomic E-state index is 5.28. The fraction of sp³-hybridized carbons (Fsp3) is 0.600. The quantitative estimate of drug-likeness (QED) is 0.575. The van der Waals surface area contributed by atoms with Crippen LogP contribution in [-0.2, 0) is 6.42 Å². The van der Waals surface area contributed by atoms with E-state index in [1.807, 2.05) is 18.2 Å². The van der Waals surface area contributed by atoms with Crippen LogP contribution in [-0.4, -0.2) is 41.2 Å². The summed E-state index contributed by atoms with van der Waals surface area (Å²) in [6.07, 6.45) is 9.10. The first-order valence-corrected chi connectivity index (χ1v) is 9.93. The van der Waals surface area contributed by atoms with Crippen molar-refractivity contribution in [2.75, 3.05) is 20.1 Å². The van der Waals surface area contributed by atoms with Crippen LogP contribution in [0, 0.1) is 11.8 Å². The normalized spacial score (nSPS) is 20.4. The van der Waals surface area contributed by atoms with Gasteiger partial charge in [0.1, 0.15) is 5.69 Å². The number of rotatable bonds is 7. The second-order valence-corrected chi connectivity index (χ2v) is 7.33. The highest BCUT2D eigenvalue weighted by molar-refractivity contribution is 5.79. The summed E-state index contributed by atoms with van der Waals surface area (Å²) >= 11 is 0. The standard InChI is InChI=1S/C20H30N6O/c1-15-6-5-7-16(14-15)9-12-23-20(21-2)24-13-10-18-25-19(27-26-18)17-8-3-4-11-22-17/h3-4,8,11,15-16H,5-7,9-10,12-14H2,1-2H3,(H2,21,23,24). The summed E-state index contributed by atoms with van der Waals surface area (Å²) in [5.41, 5.74) is 0.693. The van der Waals surface area contributed by atoms with Gasteiger partial charge in [-0.2, -0.15) is 4.98 Å². The Hall–Kier alpha value is -2.44. The van der Waals surface area contributed by atoms with Gasteiger partial charge >= 0.3 is 0 Å². The molecule has 0 spiro atoms. The van der Waals surface area contributed by atoms with E-state index in [0.29, 0.717) is 30.4 Å². The second kappa shape index (κ2) is 10.0. The van der Waals surface area contributed by atoms with Crippen molar-refractivity contribution < 1.29 is 4.52 Å². The molecule has 0 aromatic carbocycles. The third kappa shape index (κ3) is 6.05. The SMILES string of the molecule is CN=C(NCCc1noc(-c2ccccn2)n1)NCCC1CCCC(C)C1. The molecular formula is C20H30N6O. The maximum Gasteiger partial charge on any atom is 0.276 e. The summed E-state index contributed by atoms with van der Waals surface area (Å²) < 4.78 is 5.28. The summed E-state index contributed by atoms with van der Waals surface area (Å²) in [6, 6.07) is 5.62. The van der Waals surface area contributed by atoms with Gasteiger partial charge in [0, 0.05) is 32.8 Å². The number of nitrogens with one attached hydrogen (secondary N) is 2. The molecule has 1 fully saturated rings. The van der Waals surface area contributed by atoms with E-state index in [-0.39, 0.29) is 0 Å². The molecule has 146 valence electrons. The van der Waals surface area contributed by atoms with Gasteiger partial charge in [-0.1, -0.05) is 37.4 Å². The summed E-state index contributed by atoms with van der Waals surface area (Å²) in [7, 11) is 1.80. The number of aromatic nitrogens is 3. The highest BCUT2D eigenvalue weighted by Crippen LogP contribution is 2.30. The molecule has 1 aliphatic rings. The minimum atomic E-state index is 0.454. The van der Waals surface area contributed by atoms with Crippen LogP contribution in [0.5, 0.6) is 0 Å². The zero-order valence-corrected chi connectivity index (χ0v) is 16.3. The van der Waals surface area contributed by atoms with Crippen LogP contribution in [0.25, 0.3) is 11.6 Å². The molecule has 3 rings (SSSR count). The Morgan fingerprint density at radius 1 is 1.26 bits per heavy atom. The van der Waals surface area contributed by atoms with E-state index < -0.39 is 0 Å². The molecule has 1 saturated carbocycles. The van der Waals surface area contributed by atoms with Crippen LogP contribution < -0.4 is 10.6 Å². The van der Waals surface area contributed by atoms with E-state index >= 15 is 0 Å². The lowest BCUT2D eigenvalue weighted by Gasteiger charge is -2.26. The third-order valence-corrected chi connectivity index (χ3v) is 5.11. The molecule has 7 nitrogen and oxygen atoms in total. The number of pyridine rings is 1. The summed E-state index contributed by atoms with van der Waals surface area (Å²) in [4.78, 5) is 12.9. The number of nitrogens with zero attached hydrogens (tertiary/aromatic N) is 4. The smallest absolute Gasteiger partial charge is 0.276 e. The minimum absolute atomic E-state index is 0.454. The summed E-state index contributed by atoms with van der Waals surface area (Å²) in [6.45, 7) is 4.03. The van der Waals surface area contributed by atoms with Crippen LogP contribution >= 0.6 is 0 Å². The summed E-state index contributed by atoms with van der Waals surface area (Å²) in [5.74, 6) is 3.67. The third-order valence-electron chi connectivity index (χ3n) is 5.11. The van der Waals surface area contributed by atoms with Gasteiger partial charge < -0.3 is 15.2 Å². The number of hydrogen-bond acceptors (Lipinski definition) is 5. The fourth-order valence-electron chi connectivity index (χ4n) is 3.68. The Labute approximate surface area is 161 Å². The van der Waals surface area contributed by atoms with Crippen molar-refractivity contribution >= 4 is 5.96 Å². The van der Waals surface area contributed by atoms with E-state index in [1.54, 1.807) is 13.2 Å². The van der Waals surface area contributed by atoms with Crippen molar-refractivity contribution in [2.45, 2.75) is 45.4 Å². The van der Waals surface area contributed by atoms with Crippen LogP contribution in [0.4, 0.5) is 0 Å². The minimum Gasteiger partial charge on any atom is -0.356 e. The van der Waals surface area contributed by atoms with E-state index in [1.165, 1.54) is 32.1 Å². The molecule has 2 aromatic rings. The molecular weight excluding hydrogens is 340 g/mol. The predicted octanol–water partition coefficient (Wildman–Crippen LogP) is 3.06. The fourth-order valence-corrected chi connectivity index (χ4v) is 3.68. The molecule has 0 bridgehead atoms. The van der Waals surface area contributed by atoms with Gasteiger partial charge in [0.05, 0.1) is 0 Å². The average molecular weight is 371 g/mol. The van der Waals surface area contributed by atoms with Gasteiger partial charge in [-0.05, 0) is 36.8 Å². The van der Waals surface area contributed by atoms with Gasteiger partial charge in [0.25, 0.3) is 5.89 Å². The van der Waals surface area contributed by atoms with Crippen molar-refractivity contribution in [3.05, 3.63) is 30.2 Å². The zero-order valence-electron chi connectivity index (χ0n) is 16.3. The molecule has 0 radical (unpaired) electrons. The Balaban J connectivity index is 1.37. The molecule has 2 aromatic heterocycles. The topological polar surface area (TPSA) is 88.2 Å². The maximum atomic E-state index is 5.28. The first kappa shape index (κ1) is 19.3. The number of guanidine groups is 1. The van der Waals surface area contributed by atoms with Gasteiger partial charge in [-0.3, -0.25) is 9.98 Å². The number of aliphatic imine (C=N–C) groups is 1. The highest BCUT2D eigenvalue weighted by atomic mass is 16.5. The van der Waals surface area contributed by atoms with Crippen molar-refractivity contribution in [1.82, 2.24) is 25.8 Å². The second-order valence-electron chi connectivity index (χ2n) is 7.33. The van der Waals surface area contributed by atoms with Crippen LogP contribution in [0.2, 0.25) is 0 Å². The summed E-state index contributed by atoms with van der Waals surface area (Å²) in [5, 5.41) is 10.7. The number of hydrogen-bond donors (Lipinski definition) is 2. The van der Waals surface area contributed by atoms with E-state index in [4.69, 9.17) is 4.52 Å². The van der Waals surface area contributed by atoms with Gasteiger partial charge in [-0.25, -0.2) is 0 Å². The van der Waals surface area contributed by atoms with Crippen LogP contribution in [0.3, 0.4) is 0 Å². The molecule has 27 heavy (non-hydrogen) atoms. The Bertz CT molecular complexity index is 714. The first-order chi connectivity index (χ1) is 13.2. The molecule has 1 aliphatic carbocycles. The van der Waals surface area contributed by atoms with E-state index in [2.05, 4.69) is 37.7 Å². The van der Waals surface area contributed by atoms with Gasteiger partial charge in [0.2, 0.25) is 0 Å². The average Bonchev–Trinajstić information content (AvgIpc) is 3.16.